The average Bonchev–Trinajstić information content (AvgIpc) is 2.58. The molecule has 0 aliphatic heterocycles. The Bertz CT molecular complexity index is 969. The van der Waals surface area contributed by atoms with E-state index in [0.29, 0.717) is 11.0 Å². The predicted octanol–water partition coefficient (Wildman–Crippen LogP) is 4.84. The fraction of sp³-hybridized carbons (Fsp3) is 0.118. The number of aromatic nitrogens is 2. The summed E-state index contributed by atoms with van der Waals surface area (Å²) >= 11 is 5.93. The van der Waals surface area contributed by atoms with Gasteiger partial charge in [0.1, 0.15) is 0 Å². The molecule has 1 aromatic heterocycles. The smallest absolute Gasteiger partial charge is 0.429 e. The molecule has 1 heterocycles. The zero-order valence-electron chi connectivity index (χ0n) is 12.5. The van der Waals surface area contributed by atoms with Gasteiger partial charge < -0.3 is 4.74 Å². The molecule has 0 spiro atoms. The third kappa shape index (κ3) is 3.64. The molecule has 0 radical (unpaired) electrons. The molecule has 3 rings (SSSR count). The zero-order chi connectivity index (χ0) is 18.0. The summed E-state index contributed by atoms with van der Waals surface area (Å²) in [7, 11) is 0. The Balaban J connectivity index is 2.04. The molecular formula is C17H9ClF3N3O. The first-order chi connectivity index (χ1) is 11.9. The SMILES string of the molecule is N#Cc1cccc(C(Oc2nc3ccccc3nc2Cl)C(F)(F)F)c1. The van der Waals surface area contributed by atoms with Crippen LogP contribution in [0.15, 0.2) is 48.5 Å². The monoisotopic (exact) mass is 363 g/mol. The highest BCUT2D eigenvalue weighted by molar-refractivity contribution is 6.31. The molecule has 0 aliphatic carbocycles. The van der Waals surface area contributed by atoms with E-state index in [2.05, 4.69) is 9.97 Å². The van der Waals surface area contributed by atoms with Crippen LogP contribution in [-0.4, -0.2) is 16.1 Å². The highest BCUT2D eigenvalue weighted by atomic mass is 35.5. The van der Waals surface area contributed by atoms with Gasteiger partial charge in [-0.3, -0.25) is 0 Å². The molecule has 0 bridgehead atoms. The lowest BCUT2D eigenvalue weighted by Crippen LogP contribution is -2.26. The number of benzene rings is 2. The molecule has 0 saturated carbocycles. The van der Waals surface area contributed by atoms with Gasteiger partial charge in [0.2, 0.25) is 6.10 Å². The third-order valence-electron chi connectivity index (χ3n) is 3.34. The minimum Gasteiger partial charge on any atom is -0.458 e. The normalized spacial score (nSPS) is 12.6. The molecule has 0 saturated heterocycles. The van der Waals surface area contributed by atoms with Crippen LogP contribution in [0.2, 0.25) is 5.15 Å². The van der Waals surface area contributed by atoms with E-state index < -0.39 is 18.2 Å². The number of nitriles is 1. The van der Waals surface area contributed by atoms with Gasteiger partial charge in [-0.05, 0) is 24.3 Å². The van der Waals surface area contributed by atoms with Crippen molar-refractivity contribution >= 4 is 22.6 Å². The van der Waals surface area contributed by atoms with E-state index in [1.165, 1.54) is 18.2 Å². The van der Waals surface area contributed by atoms with Crippen molar-refractivity contribution in [3.63, 3.8) is 0 Å². The Morgan fingerprint density at radius 3 is 2.36 bits per heavy atom. The van der Waals surface area contributed by atoms with Crippen molar-refractivity contribution in [1.29, 1.82) is 5.26 Å². The van der Waals surface area contributed by atoms with Crippen molar-refractivity contribution in [2.24, 2.45) is 0 Å². The Labute approximate surface area is 145 Å². The number of hydrogen-bond donors (Lipinski definition) is 0. The average molecular weight is 364 g/mol. The fourth-order valence-electron chi connectivity index (χ4n) is 2.24. The van der Waals surface area contributed by atoms with E-state index in [9.17, 15) is 13.2 Å². The van der Waals surface area contributed by atoms with Gasteiger partial charge in [0.25, 0.3) is 5.88 Å². The molecule has 0 amide bonds. The largest absolute Gasteiger partial charge is 0.458 e. The van der Waals surface area contributed by atoms with Crippen LogP contribution < -0.4 is 4.74 Å². The van der Waals surface area contributed by atoms with Gasteiger partial charge in [-0.25, -0.2) is 9.97 Å². The van der Waals surface area contributed by atoms with Crippen LogP contribution in [0.5, 0.6) is 5.88 Å². The molecular weight excluding hydrogens is 355 g/mol. The van der Waals surface area contributed by atoms with E-state index in [1.54, 1.807) is 30.3 Å². The number of fused-ring (bicyclic) bond motifs is 1. The summed E-state index contributed by atoms with van der Waals surface area (Å²) in [4.78, 5) is 8.01. The molecule has 0 N–H and O–H groups in total. The number of para-hydroxylation sites is 2. The minimum atomic E-state index is -4.73. The standard InChI is InChI=1S/C17H9ClF3N3O/c18-15-16(24-13-7-2-1-6-12(13)23-15)25-14(17(19,20)21)11-5-3-4-10(8-11)9-22/h1-8,14H. The highest BCUT2D eigenvalue weighted by Gasteiger charge is 2.44. The maximum Gasteiger partial charge on any atom is 0.429 e. The summed E-state index contributed by atoms with van der Waals surface area (Å²) in [6, 6.07) is 13.5. The summed E-state index contributed by atoms with van der Waals surface area (Å²) in [5.41, 5.74) is 0.659. The van der Waals surface area contributed by atoms with Crippen LogP contribution in [0.1, 0.15) is 17.2 Å². The topological polar surface area (TPSA) is 58.8 Å². The Hall–Kier alpha value is -2.85. The quantitative estimate of drug-likeness (QED) is 0.668. The molecule has 25 heavy (non-hydrogen) atoms. The first-order valence-electron chi connectivity index (χ1n) is 7.04. The van der Waals surface area contributed by atoms with Gasteiger partial charge in [-0.1, -0.05) is 35.9 Å². The maximum absolute atomic E-state index is 13.5. The molecule has 4 nitrogen and oxygen atoms in total. The lowest BCUT2D eigenvalue weighted by molar-refractivity contribution is -0.198. The van der Waals surface area contributed by atoms with Crippen molar-refractivity contribution in [2.75, 3.05) is 0 Å². The van der Waals surface area contributed by atoms with Crippen molar-refractivity contribution < 1.29 is 17.9 Å². The molecule has 1 unspecified atom stereocenters. The number of alkyl halides is 3. The predicted molar refractivity (Wildman–Crippen MR) is 85.1 cm³/mol. The summed E-state index contributed by atoms with van der Waals surface area (Å²) in [5, 5.41) is 8.61. The molecule has 0 aliphatic rings. The van der Waals surface area contributed by atoms with Crippen LogP contribution >= 0.6 is 11.6 Å². The van der Waals surface area contributed by atoms with Crippen LogP contribution in [0.3, 0.4) is 0 Å². The van der Waals surface area contributed by atoms with Crippen LogP contribution in [-0.2, 0) is 0 Å². The van der Waals surface area contributed by atoms with E-state index >= 15 is 0 Å². The molecule has 8 heteroatoms. The van der Waals surface area contributed by atoms with Gasteiger partial charge in [-0.15, -0.1) is 0 Å². The molecule has 3 aromatic rings. The van der Waals surface area contributed by atoms with Crippen LogP contribution in [0.25, 0.3) is 11.0 Å². The number of halogens is 4. The Kier molecular flexibility index (Phi) is 4.47. The van der Waals surface area contributed by atoms with Crippen molar-refractivity contribution in [3.8, 4) is 11.9 Å². The van der Waals surface area contributed by atoms with Gasteiger partial charge >= 0.3 is 6.18 Å². The van der Waals surface area contributed by atoms with Gasteiger partial charge in [0.05, 0.1) is 22.7 Å². The van der Waals surface area contributed by atoms with E-state index in [-0.39, 0.29) is 16.3 Å². The number of ether oxygens (including phenoxy) is 1. The second-order valence-corrected chi connectivity index (χ2v) is 5.44. The lowest BCUT2D eigenvalue weighted by Gasteiger charge is -2.22. The Morgan fingerprint density at radius 2 is 1.72 bits per heavy atom. The minimum absolute atomic E-state index is 0.0889. The van der Waals surface area contributed by atoms with Gasteiger partial charge in [0.15, 0.2) is 5.15 Å². The first kappa shape index (κ1) is 17.0. The number of rotatable bonds is 3. The van der Waals surface area contributed by atoms with E-state index in [4.69, 9.17) is 21.6 Å². The van der Waals surface area contributed by atoms with Gasteiger partial charge in [-0.2, -0.15) is 18.4 Å². The molecule has 0 fully saturated rings. The lowest BCUT2D eigenvalue weighted by atomic mass is 10.1. The summed E-state index contributed by atoms with van der Waals surface area (Å²) in [5.74, 6) is -0.426. The second-order valence-electron chi connectivity index (χ2n) is 5.09. The Morgan fingerprint density at radius 1 is 1.04 bits per heavy atom. The van der Waals surface area contributed by atoms with Crippen LogP contribution in [0.4, 0.5) is 13.2 Å². The molecule has 2 aromatic carbocycles. The van der Waals surface area contributed by atoms with Gasteiger partial charge in [0, 0.05) is 5.56 Å². The zero-order valence-corrected chi connectivity index (χ0v) is 13.2. The number of hydrogen-bond acceptors (Lipinski definition) is 4. The van der Waals surface area contributed by atoms with Crippen molar-refractivity contribution in [2.45, 2.75) is 12.3 Å². The highest BCUT2D eigenvalue weighted by Crippen LogP contribution is 2.38. The van der Waals surface area contributed by atoms with E-state index in [0.717, 1.165) is 6.07 Å². The maximum atomic E-state index is 13.5. The third-order valence-corrected chi connectivity index (χ3v) is 3.59. The molecule has 126 valence electrons. The molecule has 1 atom stereocenters. The summed E-state index contributed by atoms with van der Waals surface area (Å²) < 4.78 is 45.5. The van der Waals surface area contributed by atoms with Crippen molar-refractivity contribution in [1.82, 2.24) is 9.97 Å². The summed E-state index contributed by atoms with van der Waals surface area (Å²) in [6.07, 6.45) is -7.06. The first-order valence-corrected chi connectivity index (χ1v) is 7.42. The number of nitrogens with zero attached hydrogens (tertiary/aromatic N) is 3. The second kappa shape index (κ2) is 6.57. The van der Waals surface area contributed by atoms with E-state index in [1.807, 2.05) is 0 Å². The summed E-state index contributed by atoms with van der Waals surface area (Å²) in [6.45, 7) is 0. The van der Waals surface area contributed by atoms with Crippen molar-refractivity contribution in [3.05, 3.63) is 64.8 Å². The fourth-order valence-corrected chi connectivity index (χ4v) is 2.42. The van der Waals surface area contributed by atoms with Crippen LogP contribution in [0, 0.1) is 11.3 Å².